The summed E-state index contributed by atoms with van der Waals surface area (Å²) in [6, 6.07) is 9.89. The molecule has 0 saturated carbocycles. The molecule has 2 rings (SSSR count). The molecule has 2 atom stereocenters. The van der Waals surface area contributed by atoms with Gasteiger partial charge >= 0.3 is 0 Å². The Bertz CT molecular complexity index is 299. The van der Waals surface area contributed by atoms with Crippen LogP contribution in [0.2, 0.25) is 0 Å². The fraction of sp³-hybridized carbons (Fsp3) is 0.538. The van der Waals surface area contributed by atoms with Crippen LogP contribution in [0.3, 0.4) is 0 Å². The van der Waals surface area contributed by atoms with Crippen molar-refractivity contribution in [2.75, 3.05) is 13.6 Å². The van der Waals surface area contributed by atoms with Crippen molar-refractivity contribution in [1.29, 1.82) is 0 Å². The lowest BCUT2D eigenvalue weighted by Gasteiger charge is -2.23. The van der Waals surface area contributed by atoms with Crippen molar-refractivity contribution in [2.45, 2.75) is 31.8 Å². The van der Waals surface area contributed by atoms with Crippen molar-refractivity contribution in [3.63, 3.8) is 0 Å². The van der Waals surface area contributed by atoms with Crippen molar-refractivity contribution in [3.05, 3.63) is 35.4 Å². The molecule has 0 aromatic heterocycles. The van der Waals surface area contributed by atoms with E-state index < -0.39 is 0 Å². The Hall–Kier alpha value is -0.860. The number of aryl methyl sites for hydroxylation is 1. The normalized spacial score (nSPS) is 22.9. The molecule has 1 aliphatic heterocycles. The predicted octanol–water partition coefficient (Wildman–Crippen LogP) is 2.01. The van der Waals surface area contributed by atoms with Crippen LogP contribution in [0, 0.1) is 6.92 Å². The van der Waals surface area contributed by atoms with Crippen LogP contribution < -0.4 is 10.6 Å². The number of hydrogen-bond donors (Lipinski definition) is 2. The Morgan fingerprint density at radius 1 is 1.33 bits per heavy atom. The van der Waals surface area contributed by atoms with Gasteiger partial charge in [-0.25, -0.2) is 0 Å². The molecule has 1 aromatic carbocycles. The molecule has 1 aliphatic rings. The highest BCUT2D eigenvalue weighted by Crippen LogP contribution is 2.22. The first-order valence-electron chi connectivity index (χ1n) is 5.78. The summed E-state index contributed by atoms with van der Waals surface area (Å²) in [6.45, 7) is 3.29. The highest BCUT2D eigenvalue weighted by atomic mass is 15.0. The highest BCUT2D eigenvalue weighted by molar-refractivity contribution is 5.25. The van der Waals surface area contributed by atoms with E-state index in [2.05, 4.69) is 41.8 Å². The van der Waals surface area contributed by atoms with E-state index in [1.807, 2.05) is 7.05 Å². The zero-order valence-electron chi connectivity index (χ0n) is 9.59. The number of likely N-dealkylation sites (N-methyl/N-ethyl adjacent to an activating group) is 1. The van der Waals surface area contributed by atoms with Crippen LogP contribution in [0.4, 0.5) is 0 Å². The molecular formula is C13H20N2. The smallest absolute Gasteiger partial charge is 0.0473 e. The molecule has 0 amide bonds. The summed E-state index contributed by atoms with van der Waals surface area (Å²) < 4.78 is 0. The van der Waals surface area contributed by atoms with Crippen LogP contribution in [-0.2, 0) is 0 Å². The zero-order valence-corrected chi connectivity index (χ0v) is 9.59. The molecule has 0 bridgehead atoms. The fourth-order valence-electron chi connectivity index (χ4n) is 2.37. The second kappa shape index (κ2) is 4.77. The third kappa shape index (κ3) is 2.39. The topological polar surface area (TPSA) is 24.1 Å². The van der Waals surface area contributed by atoms with Gasteiger partial charge in [-0.3, -0.25) is 0 Å². The van der Waals surface area contributed by atoms with Gasteiger partial charge in [0, 0.05) is 12.1 Å². The van der Waals surface area contributed by atoms with Crippen LogP contribution in [0.1, 0.15) is 30.0 Å². The molecule has 0 spiro atoms. The van der Waals surface area contributed by atoms with Crippen molar-refractivity contribution in [1.82, 2.24) is 10.6 Å². The molecule has 2 nitrogen and oxygen atoms in total. The molecule has 2 heteroatoms. The predicted molar refractivity (Wildman–Crippen MR) is 64.0 cm³/mol. The minimum absolute atomic E-state index is 0.452. The van der Waals surface area contributed by atoms with Gasteiger partial charge in [-0.1, -0.05) is 29.8 Å². The van der Waals surface area contributed by atoms with Crippen LogP contribution in [0.15, 0.2) is 24.3 Å². The monoisotopic (exact) mass is 204 g/mol. The molecule has 0 radical (unpaired) electrons. The maximum Gasteiger partial charge on any atom is 0.0473 e. The first-order chi connectivity index (χ1) is 7.31. The quantitative estimate of drug-likeness (QED) is 0.787. The average molecular weight is 204 g/mol. The van der Waals surface area contributed by atoms with E-state index in [0.29, 0.717) is 12.1 Å². The second-order valence-electron chi connectivity index (χ2n) is 4.38. The maximum absolute atomic E-state index is 3.56. The van der Waals surface area contributed by atoms with Crippen LogP contribution in [0.25, 0.3) is 0 Å². The van der Waals surface area contributed by atoms with Gasteiger partial charge in [0.1, 0.15) is 0 Å². The summed E-state index contributed by atoms with van der Waals surface area (Å²) in [6.07, 6.45) is 2.58. The summed E-state index contributed by atoms with van der Waals surface area (Å²) >= 11 is 0. The van der Waals surface area contributed by atoms with Crippen LogP contribution in [0.5, 0.6) is 0 Å². The van der Waals surface area contributed by atoms with E-state index in [0.717, 1.165) is 6.54 Å². The minimum atomic E-state index is 0.452. The molecule has 0 aliphatic carbocycles. The molecule has 2 N–H and O–H groups in total. The molecule has 1 saturated heterocycles. The number of benzene rings is 1. The van der Waals surface area contributed by atoms with E-state index in [-0.39, 0.29) is 0 Å². The van der Waals surface area contributed by atoms with Crippen molar-refractivity contribution >= 4 is 0 Å². The summed E-state index contributed by atoms with van der Waals surface area (Å²) in [4.78, 5) is 0. The third-order valence-electron chi connectivity index (χ3n) is 3.25. The maximum atomic E-state index is 3.56. The molecule has 82 valence electrons. The molecular weight excluding hydrogens is 184 g/mol. The van der Waals surface area contributed by atoms with Crippen molar-refractivity contribution < 1.29 is 0 Å². The van der Waals surface area contributed by atoms with E-state index in [9.17, 15) is 0 Å². The van der Waals surface area contributed by atoms with Gasteiger partial charge in [0.05, 0.1) is 0 Å². The minimum Gasteiger partial charge on any atom is -0.312 e. The average Bonchev–Trinajstić information content (AvgIpc) is 2.75. The Balaban J connectivity index is 2.14. The lowest BCUT2D eigenvalue weighted by molar-refractivity contribution is 0.440. The fourth-order valence-corrected chi connectivity index (χ4v) is 2.37. The van der Waals surface area contributed by atoms with Gasteiger partial charge in [0.2, 0.25) is 0 Å². The molecule has 15 heavy (non-hydrogen) atoms. The molecule has 1 fully saturated rings. The van der Waals surface area contributed by atoms with Gasteiger partial charge in [0.15, 0.2) is 0 Å². The lowest BCUT2D eigenvalue weighted by Crippen LogP contribution is -2.36. The summed E-state index contributed by atoms with van der Waals surface area (Å²) in [5.74, 6) is 0. The summed E-state index contributed by atoms with van der Waals surface area (Å²) in [7, 11) is 2.05. The SMILES string of the molecule is CNC(c1ccc(C)cc1)C1CCCN1. The van der Waals surface area contributed by atoms with Crippen LogP contribution in [-0.4, -0.2) is 19.6 Å². The number of hydrogen-bond acceptors (Lipinski definition) is 2. The zero-order chi connectivity index (χ0) is 10.7. The third-order valence-corrected chi connectivity index (χ3v) is 3.25. The van der Waals surface area contributed by atoms with E-state index in [1.165, 1.54) is 24.0 Å². The van der Waals surface area contributed by atoms with Gasteiger partial charge in [-0.2, -0.15) is 0 Å². The van der Waals surface area contributed by atoms with E-state index in [1.54, 1.807) is 0 Å². The summed E-state index contributed by atoms with van der Waals surface area (Å²) in [5.41, 5.74) is 2.72. The Kier molecular flexibility index (Phi) is 3.39. The van der Waals surface area contributed by atoms with Crippen molar-refractivity contribution in [3.8, 4) is 0 Å². The van der Waals surface area contributed by atoms with Crippen molar-refractivity contribution in [2.24, 2.45) is 0 Å². The number of nitrogens with one attached hydrogen (secondary N) is 2. The first-order valence-corrected chi connectivity index (χ1v) is 5.78. The van der Waals surface area contributed by atoms with Gasteiger partial charge < -0.3 is 10.6 Å². The molecule has 1 aromatic rings. The van der Waals surface area contributed by atoms with Gasteiger partial charge in [-0.15, -0.1) is 0 Å². The largest absolute Gasteiger partial charge is 0.312 e. The standard InChI is InChI=1S/C13H20N2/c1-10-5-7-11(8-6-10)13(14-2)12-4-3-9-15-12/h5-8,12-15H,3-4,9H2,1-2H3. The molecule has 2 unspecified atom stereocenters. The Morgan fingerprint density at radius 3 is 2.60 bits per heavy atom. The summed E-state index contributed by atoms with van der Waals surface area (Å²) in [5, 5.41) is 6.98. The van der Waals surface area contributed by atoms with E-state index >= 15 is 0 Å². The Morgan fingerprint density at radius 2 is 2.07 bits per heavy atom. The second-order valence-corrected chi connectivity index (χ2v) is 4.38. The Labute approximate surface area is 92.1 Å². The van der Waals surface area contributed by atoms with E-state index in [4.69, 9.17) is 0 Å². The van der Waals surface area contributed by atoms with Crippen LogP contribution >= 0.6 is 0 Å². The van der Waals surface area contributed by atoms with Gasteiger partial charge in [0.25, 0.3) is 0 Å². The number of rotatable bonds is 3. The lowest BCUT2D eigenvalue weighted by atomic mass is 9.97. The molecule has 1 heterocycles. The highest BCUT2D eigenvalue weighted by Gasteiger charge is 2.24. The first kappa shape index (κ1) is 10.7. The van der Waals surface area contributed by atoms with Gasteiger partial charge in [-0.05, 0) is 38.9 Å².